The lowest BCUT2D eigenvalue weighted by atomic mass is 9.70. The van der Waals surface area contributed by atoms with Gasteiger partial charge in [0.15, 0.2) is 0 Å². The molecular weight excluding hydrogens is 328 g/mol. The fourth-order valence-electron chi connectivity index (χ4n) is 5.30. The minimum absolute atomic E-state index is 0.0374. The molecule has 6 unspecified atom stereocenters. The van der Waals surface area contributed by atoms with Crippen LogP contribution < -0.4 is 0 Å². The minimum Gasteiger partial charge on any atom is -0.459 e. The van der Waals surface area contributed by atoms with Gasteiger partial charge in [0.1, 0.15) is 12.2 Å². The first-order valence-electron chi connectivity index (χ1n) is 9.90. The molecule has 0 bridgehead atoms. The van der Waals surface area contributed by atoms with Gasteiger partial charge in [-0.15, -0.1) is 0 Å². The maximum atomic E-state index is 11.8. The summed E-state index contributed by atoms with van der Waals surface area (Å²) in [4.78, 5) is 11.8. The zero-order chi connectivity index (χ0) is 19.3. The standard InChI is InChI=1S/C22H34O4/c1-14(8-7-11-20(3,4)24)16-9-12-21(5)17(16)10-13-22(6)19(26-22)18(21)25-15(2)23/h7-8,11,16-19,24H,9-10,12-13H2,1-6H3. The highest BCUT2D eigenvalue weighted by Gasteiger charge is 2.67. The predicted octanol–water partition coefficient (Wildman–Crippen LogP) is 4.18. The van der Waals surface area contributed by atoms with E-state index in [1.54, 1.807) is 13.8 Å². The number of carbonyl (C=O) groups is 1. The van der Waals surface area contributed by atoms with Crippen molar-refractivity contribution in [1.29, 1.82) is 0 Å². The fraction of sp³-hybridized carbons (Fsp3) is 0.773. The van der Waals surface area contributed by atoms with Crippen molar-refractivity contribution >= 4 is 5.97 Å². The number of epoxide rings is 1. The van der Waals surface area contributed by atoms with Crippen molar-refractivity contribution in [2.75, 3.05) is 0 Å². The summed E-state index contributed by atoms with van der Waals surface area (Å²) in [6.07, 6.45) is 10.1. The van der Waals surface area contributed by atoms with Crippen LogP contribution in [0.4, 0.5) is 0 Å². The number of rotatable bonds is 4. The molecule has 0 spiro atoms. The van der Waals surface area contributed by atoms with Crippen LogP contribution in [0.2, 0.25) is 0 Å². The van der Waals surface area contributed by atoms with Crippen LogP contribution in [0.5, 0.6) is 0 Å². The molecule has 4 nitrogen and oxygen atoms in total. The first-order valence-corrected chi connectivity index (χ1v) is 9.90. The average molecular weight is 363 g/mol. The van der Waals surface area contributed by atoms with E-state index in [4.69, 9.17) is 9.47 Å². The Kier molecular flexibility index (Phi) is 4.90. The van der Waals surface area contributed by atoms with Crippen LogP contribution in [0.15, 0.2) is 23.8 Å². The normalized spacial score (nSPS) is 43.0. The van der Waals surface area contributed by atoms with E-state index >= 15 is 0 Å². The average Bonchev–Trinajstić information content (AvgIpc) is 3.05. The Morgan fingerprint density at radius 2 is 1.92 bits per heavy atom. The van der Waals surface area contributed by atoms with Gasteiger partial charge in [-0.3, -0.25) is 4.79 Å². The van der Waals surface area contributed by atoms with Crippen molar-refractivity contribution in [1.82, 2.24) is 0 Å². The largest absolute Gasteiger partial charge is 0.459 e. The lowest BCUT2D eigenvalue weighted by Gasteiger charge is -2.38. The van der Waals surface area contributed by atoms with E-state index in [1.165, 1.54) is 12.5 Å². The third-order valence-electron chi connectivity index (χ3n) is 6.89. The van der Waals surface area contributed by atoms with Crippen LogP contribution in [-0.4, -0.2) is 34.5 Å². The van der Waals surface area contributed by atoms with Gasteiger partial charge in [-0.2, -0.15) is 0 Å². The van der Waals surface area contributed by atoms with E-state index in [2.05, 4.69) is 26.8 Å². The first kappa shape index (κ1) is 19.6. The predicted molar refractivity (Wildman–Crippen MR) is 102 cm³/mol. The molecule has 1 heterocycles. The molecule has 0 radical (unpaired) electrons. The van der Waals surface area contributed by atoms with Crippen LogP contribution in [-0.2, 0) is 14.3 Å². The number of fused-ring (bicyclic) bond motifs is 2. The van der Waals surface area contributed by atoms with Gasteiger partial charge in [0, 0.05) is 12.3 Å². The smallest absolute Gasteiger partial charge is 0.303 e. The van der Waals surface area contributed by atoms with E-state index in [9.17, 15) is 9.90 Å². The highest BCUT2D eigenvalue weighted by Crippen LogP contribution is 2.62. The molecule has 2 saturated carbocycles. The molecule has 3 fully saturated rings. The third-order valence-corrected chi connectivity index (χ3v) is 6.89. The Balaban J connectivity index is 1.84. The third kappa shape index (κ3) is 3.63. The summed E-state index contributed by atoms with van der Waals surface area (Å²) < 4.78 is 11.8. The molecule has 26 heavy (non-hydrogen) atoms. The van der Waals surface area contributed by atoms with Crippen LogP contribution in [0, 0.1) is 17.3 Å². The summed E-state index contributed by atoms with van der Waals surface area (Å²) in [6, 6.07) is 0. The molecule has 1 N–H and O–H groups in total. The summed E-state index contributed by atoms with van der Waals surface area (Å²) in [7, 11) is 0. The Morgan fingerprint density at radius 3 is 2.54 bits per heavy atom. The number of carbonyl (C=O) groups excluding carboxylic acids is 1. The molecule has 1 saturated heterocycles. The van der Waals surface area contributed by atoms with Crippen molar-refractivity contribution in [3.05, 3.63) is 23.8 Å². The van der Waals surface area contributed by atoms with Crippen molar-refractivity contribution in [2.45, 2.75) is 90.6 Å². The summed E-state index contributed by atoms with van der Waals surface area (Å²) in [5.41, 5.74) is 0.389. The number of esters is 1. The summed E-state index contributed by atoms with van der Waals surface area (Å²) in [5.74, 6) is 0.774. The monoisotopic (exact) mass is 362 g/mol. The molecule has 2 aliphatic carbocycles. The van der Waals surface area contributed by atoms with E-state index in [0.29, 0.717) is 11.8 Å². The van der Waals surface area contributed by atoms with E-state index in [1.807, 2.05) is 12.2 Å². The Morgan fingerprint density at radius 1 is 1.23 bits per heavy atom. The molecule has 3 aliphatic rings. The molecule has 3 rings (SSSR count). The second-order valence-electron chi connectivity index (χ2n) is 9.60. The Bertz CT molecular complexity index is 629. The molecule has 0 aromatic carbocycles. The van der Waals surface area contributed by atoms with Gasteiger partial charge in [0.05, 0.1) is 11.2 Å². The van der Waals surface area contributed by atoms with Crippen LogP contribution in [0.25, 0.3) is 0 Å². The number of ether oxygens (including phenoxy) is 2. The highest BCUT2D eigenvalue weighted by molar-refractivity contribution is 5.66. The van der Waals surface area contributed by atoms with Crippen LogP contribution in [0.3, 0.4) is 0 Å². The molecule has 6 atom stereocenters. The zero-order valence-electron chi connectivity index (χ0n) is 17.0. The number of aliphatic hydroxyl groups is 1. The van der Waals surface area contributed by atoms with E-state index in [0.717, 1.165) is 25.7 Å². The molecule has 4 heteroatoms. The molecule has 146 valence electrons. The number of allylic oxidation sites excluding steroid dienone is 3. The molecule has 0 aromatic rings. The highest BCUT2D eigenvalue weighted by atomic mass is 16.6. The quantitative estimate of drug-likeness (QED) is 0.463. The fourth-order valence-corrected chi connectivity index (χ4v) is 5.30. The SMILES string of the molecule is CC(=O)OC1C2OC2(C)CCC2C(C(C)=CC=CC(C)(C)O)CCC21C. The van der Waals surface area contributed by atoms with Gasteiger partial charge >= 0.3 is 5.97 Å². The maximum absolute atomic E-state index is 11.8. The zero-order valence-corrected chi connectivity index (χ0v) is 17.0. The van der Waals surface area contributed by atoms with Crippen molar-refractivity contribution in [3.8, 4) is 0 Å². The van der Waals surface area contributed by atoms with Gasteiger partial charge in [-0.1, -0.05) is 30.7 Å². The van der Waals surface area contributed by atoms with Gasteiger partial charge in [0.25, 0.3) is 0 Å². The lowest BCUT2D eigenvalue weighted by molar-refractivity contribution is -0.157. The maximum Gasteiger partial charge on any atom is 0.303 e. The minimum atomic E-state index is -0.795. The van der Waals surface area contributed by atoms with Crippen LogP contribution in [0.1, 0.15) is 67.2 Å². The van der Waals surface area contributed by atoms with Gasteiger partial charge < -0.3 is 14.6 Å². The van der Waals surface area contributed by atoms with Gasteiger partial charge in [0.2, 0.25) is 0 Å². The van der Waals surface area contributed by atoms with Gasteiger partial charge in [-0.05, 0) is 65.2 Å². The molecule has 0 aromatic heterocycles. The second kappa shape index (κ2) is 6.49. The summed E-state index contributed by atoms with van der Waals surface area (Å²) >= 11 is 0. The molecule has 1 aliphatic heterocycles. The van der Waals surface area contributed by atoms with Crippen molar-refractivity contribution in [3.63, 3.8) is 0 Å². The second-order valence-corrected chi connectivity index (χ2v) is 9.60. The Labute approximate surface area is 157 Å². The topological polar surface area (TPSA) is 59.1 Å². The van der Waals surface area contributed by atoms with Crippen LogP contribution >= 0.6 is 0 Å². The van der Waals surface area contributed by atoms with Gasteiger partial charge in [-0.25, -0.2) is 0 Å². The molecule has 0 amide bonds. The summed E-state index contributed by atoms with van der Waals surface area (Å²) in [5, 5.41) is 9.86. The number of hydrogen-bond acceptors (Lipinski definition) is 4. The van der Waals surface area contributed by atoms with Crippen molar-refractivity contribution in [2.24, 2.45) is 17.3 Å². The van der Waals surface area contributed by atoms with E-state index in [-0.39, 0.29) is 29.2 Å². The Hall–Kier alpha value is -1.13. The lowest BCUT2D eigenvalue weighted by Crippen LogP contribution is -2.43. The summed E-state index contributed by atoms with van der Waals surface area (Å²) in [6.45, 7) is 11.7. The first-order chi connectivity index (χ1) is 12.0. The molecular formula is C22H34O4. The van der Waals surface area contributed by atoms with Crippen molar-refractivity contribution < 1.29 is 19.4 Å². The number of hydrogen-bond donors (Lipinski definition) is 1. The van der Waals surface area contributed by atoms with E-state index < -0.39 is 5.60 Å².